The number of amides is 2. The number of esters is 1. The molecule has 2 aliphatic heterocycles. The van der Waals surface area contributed by atoms with Gasteiger partial charge in [0.2, 0.25) is 11.8 Å². The molecule has 0 aromatic heterocycles. The number of carbonyl (C=O) groups excluding carboxylic acids is 3. The Balaban J connectivity index is 1.35. The van der Waals surface area contributed by atoms with E-state index in [0.29, 0.717) is 13.1 Å². The average Bonchev–Trinajstić information content (AvgIpc) is 3.86. The van der Waals surface area contributed by atoms with Crippen LogP contribution >= 0.6 is 0 Å². The monoisotopic (exact) mass is 590 g/mol. The number of rotatable bonds is 13. The number of likely N-dealkylation sites (tertiary alicyclic amines) is 1. The fourth-order valence-electron chi connectivity index (χ4n) is 7.29. The zero-order valence-electron chi connectivity index (χ0n) is 26.3. The van der Waals surface area contributed by atoms with E-state index in [1.807, 2.05) is 29.2 Å². The number of methoxy groups -OCH3 is 1. The molecule has 4 aliphatic rings. The van der Waals surface area contributed by atoms with Crippen LogP contribution in [-0.2, 0) is 30.3 Å². The number of hydrogen-bond acceptors (Lipinski definition) is 5. The fraction of sp³-hybridized carbons (Fsp3) is 0.639. The van der Waals surface area contributed by atoms with Gasteiger partial charge in [0.25, 0.3) is 0 Å². The first-order valence-electron chi connectivity index (χ1n) is 16.6. The standard InChI is InChI=1S/C36H50N2O5/c1-25(2)30-23-31-36(35(41)42-3,33(43-30)28-17-18-28)24-29(34(40)38(31)21-19-27-14-8-5-9-15-27)22-32(39)37-20-11-10-16-26-12-6-4-7-13-26/h4,6-7,12-14,23,25,28-30,33H,5,8-11,15-22,24H2,1-3H3,(H,37,39)/t29-,30+,33+,36+/m0/s1. The number of nitrogens with one attached hydrogen (secondary N) is 1. The molecule has 234 valence electrons. The van der Waals surface area contributed by atoms with Crippen LogP contribution in [0, 0.1) is 23.2 Å². The minimum atomic E-state index is -1.09. The molecule has 2 aliphatic carbocycles. The van der Waals surface area contributed by atoms with E-state index in [4.69, 9.17) is 9.47 Å². The fourth-order valence-corrected chi connectivity index (χ4v) is 7.29. The molecule has 2 amide bonds. The van der Waals surface area contributed by atoms with Crippen molar-refractivity contribution in [2.75, 3.05) is 20.2 Å². The summed E-state index contributed by atoms with van der Waals surface area (Å²) >= 11 is 0. The Morgan fingerprint density at radius 1 is 1.12 bits per heavy atom. The Labute approximate surface area is 257 Å². The number of piperidine rings is 1. The maximum atomic E-state index is 14.2. The molecule has 7 heteroatoms. The highest BCUT2D eigenvalue weighted by Crippen LogP contribution is 2.56. The molecule has 4 atom stereocenters. The van der Waals surface area contributed by atoms with E-state index in [1.54, 1.807) is 0 Å². The molecule has 0 spiro atoms. The molecule has 1 aromatic carbocycles. The lowest BCUT2D eigenvalue weighted by molar-refractivity contribution is -0.182. The van der Waals surface area contributed by atoms with Crippen LogP contribution < -0.4 is 5.32 Å². The summed E-state index contributed by atoms with van der Waals surface area (Å²) in [5, 5.41) is 3.05. The predicted octanol–water partition coefficient (Wildman–Crippen LogP) is 6.13. The van der Waals surface area contributed by atoms with Crippen LogP contribution in [0.2, 0.25) is 0 Å². The van der Waals surface area contributed by atoms with Crippen molar-refractivity contribution < 1.29 is 23.9 Å². The summed E-state index contributed by atoms with van der Waals surface area (Å²) < 4.78 is 12.2. The van der Waals surface area contributed by atoms with Gasteiger partial charge in [-0.15, -0.1) is 0 Å². The number of fused-ring (bicyclic) bond motifs is 1. The van der Waals surface area contributed by atoms with Gasteiger partial charge in [-0.25, -0.2) is 0 Å². The molecule has 7 nitrogen and oxygen atoms in total. The Bertz CT molecular complexity index is 1200. The maximum Gasteiger partial charge on any atom is 0.320 e. The molecule has 1 N–H and O–H groups in total. The number of aryl methyl sites for hydroxylation is 1. The molecular weight excluding hydrogens is 540 g/mol. The van der Waals surface area contributed by atoms with Crippen LogP contribution in [0.4, 0.5) is 0 Å². The zero-order valence-corrected chi connectivity index (χ0v) is 26.3. The molecule has 1 saturated carbocycles. The average molecular weight is 591 g/mol. The molecule has 5 rings (SSSR count). The SMILES string of the molecule is COC(=O)[C@]12C[C@H](CC(=O)NCCCCc3ccccc3)C(=O)N(CCC3=CCCCC3)C1=C[C@H](C(C)C)O[C@@H]2C1CC1. The first-order valence-corrected chi connectivity index (χ1v) is 16.6. The number of hydrogen-bond donors (Lipinski definition) is 1. The number of ether oxygens (including phenoxy) is 2. The van der Waals surface area contributed by atoms with Gasteiger partial charge in [-0.3, -0.25) is 14.4 Å². The molecule has 43 heavy (non-hydrogen) atoms. The first-order chi connectivity index (χ1) is 20.8. The first kappa shape index (κ1) is 31.5. The van der Waals surface area contributed by atoms with Crippen molar-refractivity contribution in [1.29, 1.82) is 0 Å². The summed E-state index contributed by atoms with van der Waals surface area (Å²) in [6.07, 6.45) is 14.2. The minimum absolute atomic E-state index is 0.0552. The van der Waals surface area contributed by atoms with E-state index in [-0.39, 0.29) is 54.7 Å². The predicted molar refractivity (Wildman–Crippen MR) is 167 cm³/mol. The van der Waals surface area contributed by atoms with Gasteiger partial charge in [0, 0.05) is 31.1 Å². The Hall–Kier alpha value is -2.93. The van der Waals surface area contributed by atoms with Crippen molar-refractivity contribution in [2.45, 2.75) is 103 Å². The molecule has 0 unspecified atom stereocenters. The second-order valence-electron chi connectivity index (χ2n) is 13.4. The number of allylic oxidation sites excluding steroid dienone is 1. The summed E-state index contributed by atoms with van der Waals surface area (Å²) in [7, 11) is 1.43. The quantitative estimate of drug-likeness (QED) is 0.170. The lowest BCUT2D eigenvalue weighted by atomic mass is 9.64. The summed E-state index contributed by atoms with van der Waals surface area (Å²) in [6.45, 7) is 5.31. The lowest BCUT2D eigenvalue weighted by Gasteiger charge is -2.53. The van der Waals surface area contributed by atoms with E-state index in [0.717, 1.165) is 57.1 Å². The van der Waals surface area contributed by atoms with E-state index < -0.39 is 11.3 Å². The van der Waals surface area contributed by atoms with Gasteiger partial charge in [-0.1, -0.05) is 55.8 Å². The third kappa shape index (κ3) is 7.25. The van der Waals surface area contributed by atoms with Gasteiger partial charge in [0.05, 0.1) is 19.3 Å². The van der Waals surface area contributed by atoms with E-state index >= 15 is 0 Å². The highest BCUT2D eigenvalue weighted by Gasteiger charge is 2.63. The summed E-state index contributed by atoms with van der Waals surface area (Å²) in [5.74, 6) is -0.701. The Morgan fingerprint density at radius 3 is 2.58 bits per heavy atom. The molecule has 1 aromatic rings. The van der Waals surface area contributed by atoms with Gasteiger partial charge in [-0.2, -0.15) is 0 Å². The van der Waals surface area contributed by atoms with E-state index in [9.17, 15) is 14.4 Å². The highest BCUT2D eigenvalue weighted by molar-refractivity contribution is 5.92. The topological polar surface area (TPSA) is 84.9 Å². The van der Waals surface area contributed by atoms with Crippen molar-refractivity contribution in [1.82, 2.24) is 10.2 Å². The molecule has 1 saturated heterocycles. The van der Waals surface area contributed by atoms with Gasteiger partial charge in [-0.05, 0) is 94.1 Å². The number of benzene rings is 1. The smallest absolute Gasteiger partial charge is 0.320 e. The second-order valence-corrected chi connectivity index (χ2v) is 13.4. The Kier molecular flexibility index (Phi) is 10.4. The van der Waals surface area contributed by atoms with Crippen molar-refractivity contribution in [3.8, 4) is 0 Å². The normalized spacial score (nSPS) is 27.3. The lowest BCUT2D eigenvalue weighted by Crippen LogP contribution is -2.62. The van der Waals surface area contributed by atoms with Gasteiger partial charge < -0.3 is 19.7 Å². The van der Waals surface area contributed by atoms with Crippen LogP contribution in [0.3, 0.4) is 0 Å². The third-order valence-corrected chi connectivity index (χ3v) is 9.83. The Morgan fingerprint density at radius 2 is 1.91 bits per heavy atom. The van der Waals surface area contributed by atoms with Crippen LogP contribution in [0.1, 0.15) is 90.0 Å². The van der Waals surface area contributed by atoms with Crippen molar-refractivity contribution in [3.05, 3.63) is 59.3 Å². The number of nitrogens with zero attached hydrogens (tertiary/aromatic N) is 1. The van der Waals surface area contributed by atoms with Crippen molar-refractivity contribution >= 4 is 17.8 Å². The summed E-state index contributed by atoms with van der Waals surface area (Å²) in [4.78, 5) is 43.2. The molecular formula is C36H50N2O5. The summed E-state index contributed by atoms with van der Waals surface area (Å²) in [6, 6.07) is 10.4. The minimum Gasteiger partial charge on any atom is -0.468 e. The van der Waals surface area contributed by atoms with Crippen LogP contribution in [0.5, 0.6) is 0 Å². The van der Waals surface area contributed by atoms with Gasteiger partial charge in [0.1, 0.15) is 5.41 Å². The van der Waals surface area contributed by atoms with E-state index in [2.05, 4.69) is 37.4 Å². The second kappa shape index (κ2) is 14.2. The van der Waals surface area contributed by atoms with Crippen LogP contribution in [0.25, 0.3) is 0 Å². The van der Waals surface area contributed by atoms with Gasteiger partial charge in [0.15, 0.2) is 0 Å². The summed E-state index contributed by atoms with van der Waals surface area (Å²) in [5.41, 5.74) is 2.34. The maximum absolute atomic E-state index is 14.2. The van der Waals surface area contributed by atoms with Crippen LogP contribution in [-0.4, -0.2) is 55.1 Å². The largest absolute Gasteiger partial charge is 0.468 e. The highest BCUT2D eigenvalue weighted by atomic mass is 16.5. The molecule has 0 bridgehead atoms. The van der Waals surface area contributed by atoms with Crippen molar-refractivity contribution in [3.63, 3.8) is 0 Å². The number of carbonyl (C=O) groups is 3. The molecule has 2 heterocycles. The molecule has 2 fully saturated rings. The van der Waals surface area contributed by atoms with E-state index in [1.165, 1.54) is 31.1 Å². The molecule has 0 radical (unpaired) electrons. The number of unbranched alkanes of at least 4 members (excludes halogenated alkanes) is 1. The van der Waals surface area contributed by atoms with Gasteiger partial charge >= 0.3 is 5.97 Å². The van der Waals surface area contributed by atoms with Crippen LogP contribution in [0.15, 0.2) is 53.8 Å². The zero-order chi connectivity index (χ0) is 30.4. The third-order valence-electron chi connectivity index (χ3n) is 9.83. The van der Waals surface area contributed by atoms with Crippen molar-refractivity contribution in [2.24, 2.45) is 23.2 Å².